The van der Waals surface area contributed by atoms with Crippen molar-refractivity contribution in [3.63, 3.8) is 0 Å². The average molecular weight is 445 g/mol. The summed E-state index contributed by atoms with van der Waals surface area (Å²) in [5.41, 5.74) is 0.551. The number of anilines is 1. The molecule has 0 atom stereocenters. The number of nitrogens with zero attached hydrogens (tertiary/aromatic N) is 1. The fraction of sp³-hybridized carbons (Fsp3) is 0.278. The Morgan fingerprint density at radius 3 is 2.39 bits per heavy atom. The molecule has 0 radical (unpaired) electrons. The van der Waals surface area contributed by atoms with Gasteiger partial charge in [0.2, 0.25) is 10.0 Å². The van der Waals surface area contributed by atoms with Gasteiger partial charge in [0.05, 0.1) is 13.2 Å². The Kier molecular flexibility index (Phi) is 6.79. The Hall–Kier alpha value is -1.84. The van der Waals surface area contributed by atoms with E-state index >= 15 is 0 Å². The zero-order valence-electron chi connectivity index (χ0n) is 14.7. The van der Waals surface area contributed by atoms with Crippen LogP contribution in [0, 0.1) is 0 Å². The molecule has 10 heteroatoms. The molecule has 28 heavy (non-hydrogen) atoms. The predicted molar refractivity (Wildman–Crippen MR) is 107 cm³/mol. The largest absolute Gasteiger partial charge is 0.482 e. The van der Waals surface area contributed by atoms with Crippen LogP contribution in [-0.4, -0.2) is 51.5 Å². The lowest BCUT2D eigenvalue weighted by Crippen LogP contribution is -2.40. The number of halogens is 2. The molecular formula is C18H18Cl2N2O5S. The van der Waals surface area contributed by atoms with Crippen molar-refractivity contribution in [2.24, 2.45) is 0 Å². The number of morpholine rings is 1. The second kappa shape index (κ2) is 9.11. The summed E-state index contributed by atoms with van der Waals surface area (Å²) in [5, 5.41) is 3.45. The van der Waals surface area contributed by atoms with E-state index in [0.29, 0.717) is 23.9 Å². The smallest absolute Gasteiger partial charge is 0.262 e. The molecule has 0 unspecified atom stereocenters. The standard InChI is InChI=1S/C18H18Cl2N2O5S/c19-13-1-4-15(5-2-13)21-18(23)12-27-16-6-3-14(20)11-17(16)28(24,25)22-7-9-26-10-8-22/h1-6,11H,7-10,12H2,(H,21,23). The zero-order chi connectivity index (χ0) is 20.1. The minimum atomic E-state index is -3.83. The van der Waals surface area contributed by atoms with Crippen molar-refractivity contribution in [1.82, 2.24) is 4.31 Å². The van der Waals surface area contributed by atoms with Crippen molar-refractivity contribution < 1.29 is 22.7 Å². The zero-order valence-corrected chi connectivity index (χ0v) is 17.1. The molecule has 0 saturated carbocycles. The number of hydrogen-bond donors (Lipinski definition) is 1. The highest BCUT2D eigenvalue weighted by Gasteiger charge is 2.29. The van der Waals surface area contributed by atoms with Crippen molar-refractivity contribution in [3.05, 3.63) is 52.5 Å². The van der Waals surface area contributed by atoms with Crippen LogP contribution in [0.3, 0.4) is 0 Å². The number of ether oxygens (including phenoxy) is 2. The van der Waals surface area contributed by atoms with Crippen LogP contribution in [-0.2, 0) is 19.6 Å². The summed E-state index contributed by atoms with van der Waals surface area (Å²) in [6, 6.07) is 10.8. The Bertz CT molecular complexity index is 945. The van der Waals surface area contributed by atoms with Crippen LogP contribution in [0.5, 0.6) is 5.75 Å². The monoisotopic (exact) mass is 444 g/mol. The van der Waals surface area contributed by atoms with E-state index in [9.17, 15) is 13.2 Å². The maximum atomic E-state index is 12.9. The molecule has 0 aromatic heterocycles. The van der Waals surface area contributed by atoms with Crippen LogP contribution in [0.4, 0.5) is 5.69 Å². The Labute approximate surface area is 173 Å². The molecule has 0 bridgehead atoms. The molecule has 0 spiro atoms. The SMILES string of the molecule is O=C(COc1ccc(Cl)cc1S(=O)(=O)N1CCOCC1)Nc1ccc(Cl)cc1. The van der Waals surface area contributed by atoms with Gasteiger partial charge in [0.25, 0.3) is 5.91 Å². The Morgan fingerprint density at radius 2 is 1.71 bits per heavy atom. The third kappa shape index (κ3) is 5.15. The van der Waals surface area contributed by atoms with E-state index in [2.05, 4.69) is 5.32 Å². The lowest BCUT2D eigenvalue weighted by atomic mass is 10.3. The number of nitrogens with one attached hydrogen (secondary N) is 1. The van der Waals surface area contributed by atoms with Gasteiger partial charge >= 0.3 is 0 Å². The van der Waals surface area contributed by atoms with Crippen LogP contribution in [0.25, 0.3) is 0 Å². The number of carbonyl (C=O) groups is 1. The predicted octanol–water partition coefficient (Wildman–Crippen LogP) is 3.03. The average Bonchev–Trinajstić information content (AvgIpc) is 2.69. The summed E-state index contributed by atoms with van der Waals surface area (Å²) in [6.07, 6.45) is 0. The second-order valence-corrected chi connectivity index (χ2v) is 8.73. The van der Waals surface area contributed by atoms with E-state index in [4.69, 9.17) is 32.7 Å². The van der Waals surface area contributed by atoms with Crippen molar-refractivity contribution in [2.45, 2.75) is 4.90 Å². The van der Waals surface area contributed by atoms with Gasteiger partial charge in [0, 0.05) is 28.8 Å². The molecule has 1 aliphatic heterocycles. The van der Waals surface area contributed by atoms with Crippen molar-refractivity contribution in [2.75, 3.05) is 38.2 Å². The number of sulfonamides is 1. The minimum absolute atomic E-state index is 0.0575. The molecular weight excluding hydrogens is 427 g/mol. The summed E-state index contributed by atoms with van der Waals surface area (Å²) >= 11 is 11.8. The number of hydrogen-bond acceptors (Lipinski definition) is 5. The van der Waals surface area contributed by atoms with Gasteiger partial charge in [-0.1, -0.05) is 23.2 Å². The molecule has 1 amide bonds. The lowest BCUT2D eigenvalue weighted by molar-refractivity contribution is -0.118. The van der Waals surface area contributed by atoms with Crippen molar-refractivity contribution in [1.29, 1.82) is 0 Å². The third-order valence-electron chi connectivity index (χ3n) is 3.98. The van der Waals surface area contributed by atoms with E-state index in [0.717, 1.165) is 0 Å². The molecule has 1 heterocycles. The molecule has 3 rings (SSSR count). The highest BCUT2D eigenvalue weighted by Crippen LogP contribution is 2.30. The van der Waals surface area contributed by atoms with Gasteiger partial charge in [-0.15, -0.1) is 0 Å². The van der Waals surface area contributed by atoms with Crippen molar-refractivity contribution >= 4 is 44.8 Å². The number of benzene rings is 2. The molecule has 1 saturated heterocycles. The maximum Gasteiger partial charge on any atom is 0.262 e. The van der Waals surface area contributed by atoms with Gasteiger partial charge in [-0.05, 0) is 42.5 Å². The topological polar surface area (TPSA) is 84.9 Å². The quantitative estimate of drug-likeness (QED) is 0.739. The van der Waals surface area contributed by atoms with Gasteiger partial charge in [-0.3, -0.25) is 4.79 Å². The molecule has 1 aliphatic rings. The van der Waals surface area contributed by atoms with E-state index in [-0.39, 0.29) is 35.4 Å². The first-order valence-electron chi connectivity index (χ1n) is 8.42. The number of carbonyl (C=O) groups excluding carboxylic acids is 1. The summed E-state index contributed by atoms with van der Waals surface area (Å²) in [5.74, 6) is -0.380. The first-order chi connectivity index (χ1) is 13.4. The van der Waals surface area contributed by atoms with Crippen LogP contribution in [0.15, 0.2) is 47.4 Å². The van der Waals surface area contributed by atoms with E-state index < -0.39 is 15.9 Å². The third-order valence-corrected chi connectivity index (χ3v) is 6.39. The van der Waals surface area contributed by atoms with Crippen LogP contribution >= 0.6 is 23.2 Å². The van der Waals surface area contributed by atoms with Gasteiger partial charge in [0.15, 0.2) is 6.61 Å². The highest BCUT2D eigenvalue weighted by atomic mass is 35.5. The van der Waals surface area contributed by atoms with Crippen molar-refractivity contribution in [3.8, 4) is 5.75 Å². The molecule has 0 aliphatic carbocycles. The van der Waals surface area contributed by atoms with Gasteiger partial charge in [0.1, 0.15) is 10.6 Å². The first-order valence-corrected chi connectivity index (χ1v) is 10.6. The van der Waals surface area contributed by atoms with Gasteiger partial charge in [-0.2, -0.15) is 4.31 Å². The summed E-state index contributed by atoms with van der Waals surface area (Å²) in [7, 11) is -3.83. The Balaban J connectivity index is 1.73. The number of rotatable bonds is 6. The Morgan fingerprint density at radius 1 is 1.07 bits per heavy atom. The summed E-state index contributed by atoms with van der Waals surface area (Å²) in [4.78, 5) is 12.0. The van der Waals surface area contributed by atoms with Gasteiger partial charge < -0.3 is 14.8 Å². The summed E-state index contributed by atoms with van der Waals surface area (Å²) < 4.78 is 37.9. The second-order valence-electron chi connectivity index (χ2n) is 5.95. The van der Waals surface area contributed by atoms with Crippen LogP contribution in [0.2, 0.25) is 10.0 Å². The van der Waals surface area contributed by atoms with E-state index in [1.807, 2.05) is 0 Å². The van der Waals surface area contributed by atoms with Gasteiger partial charge in [-0.25, -0.2) is 8.42 Å². The minimum Gasteiger partial charge on any atom is -0.482 e. The molecule has 2 aromatic rings. The molecule has 7 nitrogen and oxygen atoms in total. The van der Waals surface area contributed by atoms with E-state index in [1.165, 1.54) is 22.5 Å². The van der Waals surface area contributed by atoms with E-state index in [1.54, 1.807) is 24.3 Å². The molecule has 1 N–H and O–H groups in total. The summed E-state index contributed by atoms with van der Waals surface area (Å²) in [6.45, 7) is 0.755. The normalized spacial score (nSPS) is 15.2. The number of amides is 1. The fourth-order valence-electron chi connectivity index (χ4n) is 2.60. The molecule has 2 aromatic carbocycles. The lowest BCUT2D eigenvalue weighted by Gasteiger charge is -2.26. The molecule has 150 valence electrons. The maximum absolute atomic E-state index is 12.9. The van der Waals surface area contributed by atoms with Crippen LogP contribution < -0.4 is 10.1 Å². The highest BCUT2D eigenvalue weighted by molar-refractivity contribution is 7.89. The fourth-order valence-corrected chi connectivity index (χ4v) is 4.53. The first kappa shape index (κ1) is 20.9. The van der Waals surface area contributed by atoms with Crippen LogP contribution in [0.1, 0.15) is 0 Å². The molecule has 1 fully saturated rings.